The summed E-state index contributed by atoms with van der Waals surface area (Å²) in [5, 5.41) is 4.03. The van der Waals surface area contributed by atoms with E-state index in [4.69, 9.17) is 15.0 Å². The summed E-state index contributed by atoms with van der Waals surface area (Å²) >= 11 is 3.45. The van der Waals surface area contributed by atoms with Crippen LogP contribution in [0.5, 0.6) is 5.75 Å². The molecule has 2 rings (SSSR count). The smallest absolute Gasteiger partial charge is 0.231 e. The normalized spacial score (nSPS) is 14.1. The second-order valence-corrected chi connectivity index (χ2v) is 5.53. The van der Waals surface area contributed by atoms with Crippen LogP contribution in [0, 0.1) is 0 Å². The molecule has 0 saturated heterocycles. The highest BCUT2D eigenvalue weighted by Gasteiger charge is 2.21. The fourth-order valence-corrected chi connectivity index (χ4v) is 2.62. The average molecular weight is 340 g/mol. The van der Waals surface area contributed by atoms with Gasteiger partial charge >= 0.3 is 0 Å². The van der Waals surface area contributed by atoms with Crippen LogP contribution in [0.25, 0.3) is 11.4 Å². The van der Waals surface area contributed by atoms with Gasteiger partial charge in [-0.2, -0.15) is 4.98 Å². The Balaban J connectivity index is 2.31. The summed E-state index contributed by atoms with van der Waals surface area (Å²) in [6, 6.07) is 5.64. The summed E-state index contributed by atoms with van der Waals surface area (Å²) in [5.74, 6) is 1.99. The van der Waals surface area contributed by atoms with Gasteiger partial charge < -0.3 is 15.0 Å². The van der Waals surface area contributed by atoms with Crippen molar-refractivity contribution in [3.8, 4) is 17.1 Å². The number of rotatable bonds is 5. The van der Waals surface area contributed by atoms with Crippen LogP contribution in [0.3, 0.4) is 0 Å². The van der Waals surface area contributed by atoms with Gasteiger partial charge in [-0.05, 0) is 47.5 Å². The van der Waals surface area contributed by atoms with E-state index in [1.165, 1.54) is 0 Å². The van der Waals surface area contributed by atoms with Crippen molar-refractivity contribution in [1.29, 1.82) is 0 Å². The molecule has 2 aromatic rings. The minimum atomic E-state index is -0.0177. The fraction of sp³-hybridized carbons (Fsp3) is 0.429. The van der Waals surface area contributed by atoms with Crippen LogP contribution in [-0.4, -0.2) is 23.3 Å². The average Bonchev–Trinajstić information content (AvgIpc) is 2.88. The van der Waals surface area contributed by atoms with Crippen LogP contribution >= 0.6 is 15.9 Å². The fourth-order valence-electron chi connectivity index (χ4n) is 2.08. The molecule has 0 amide bonds. The third-order valence-electron chi connectivity index (χ3n) is 3.24. The van der Waals surface area contributed by atoms with E-state index >= 15 is 0 Å². The van der Waals surface area contributed by atoms with Crippen molar-refractivity contribution in [2.24, 2.45) is 5.73 Å². The maximum Gasteiger partial charge on any atom is 0.231 e. The van der Waals surface area contributed by atoms with Crippen molar-refractivity contribution in [3.05, 3.63) is 28.6 Å². The molecule has 2 N–H and O–H groups in total. The standard InChI is InChI=1S/C14H18BrN3O2/c1-4-10(8(2)16)14-17-13(18-20-14)9-5-6-12(19-3)11(15)7-9/h5-8,10H,4,16H2,1-3H3. The van der Waals surface area contributed by atoms with Crippen LogP contribution in [-0.2, 0) is 0 Å². The molecular formula is C14H18BrN3O2. The lowest BCUT2D eigenvalue weighted by atomic mass is 9.99. The molecule has 1 aromatic carbocycles. The molecule has 108 valence electrons. The second kappa shape index (κ2) is 6.37. The van der Waals surface area contributed by atoms with Gasteiger partial charge in [0, 0.05) is 11.6 Å². The maximum atomic E-state index is 5.94. The van der Waals surface area contributed by atoms with E-state index in [9.17, 15) is 0 Å². The predicted molar refractivity (Wildman–Crippen MR) is 80.7 cm³/mol. The monoisotopic (exact) mass is 339 g/mol. The maximum absolute atomic E-state index is 5.94. The van der Waals surface area contributed by atoms with E-state index in [1.54, 1.807) is 7.11 Å². The largest absolute Gasteiger partial charge is 0.496 e. The molecular weight excluding hydrogens is 322 g/mol. The van der Waals surface area contributed by atoms with Gasteiger partial charge in [-0.1, -0.05) is 12.1 Å². The SMILES string of the molecule is CCC(c1nc(-c2ccc(OC)c(Br)c2)no1)C(C)N. The van der Waals surface area contributed by atoms with Gasteiger partial charge in [-0.3, -0.25) is 0 Å². The molecule has 20 heavy (non-hydrogen) atoms. The van der Waals surface area contributed by atoms with Crippen molar-refractivity contribution in [2.45, 2.75) is 32.2 Å². The summed E-state index contributed by atoms with van der Waals surface area (Å²) in [4.78, 5) is 4.45. The molecule has 0 aliphatic rings. The minimum Gasteiger partial charge on any atom is -0.496 e. The molecule has 1 heterocycles. The number of benzene rings is 1. The predicted octanol–water partition coefficient (Wildman–Crippen LogP) is 3.35. The van der Waals surface area contributed by atoms with Gasteiger partial charge in [0.15, 0.2) is 0 Å². The van der Waals surface area contributed by atoms with Gasteiger partial charge in [0.25, 0.3) is 0 Å². The Bertz CT molecular complexity index is 584. The van der Waals surface area contributed by atoms with Crippen LogP contribution in [0.2, 0.25) is 0 Å². The van der Waals surface area contributed by atoms with Crippen molar-refractivity contribution >= 4 is 15.9 Å². The third kappa shape index (κ3) is 3.02. The number of aromatic nitrogens is 2. The zero-order chi connectivity index (χ0) is 14.7. The van der Waals surface area contributed by atoms with Crippen molar-refractivity contribution in [3.63, 3.8) is 0 Å². The Kier molecular flexibility index (Phi) is 4.77. The Labute approximate surface area is 126 Å². The first kappa shape index (κ1) is 15.0. The molecule has 0 aliphatic carbocycles. The molecule has 6 heteroatoms. The van der Waals surface area contributed by atoms with E-state index < -0.39 is 0 Å². The number of nitrogens with zero attached hydrogens (tertiary/aromatic N) is 2. The Morgan fingerprint density at radius 1 is 1.45 bits per heavy atom. The molecule has 0 fully saturated rings. The van der Waals surface area contributed by atoms with Crippen LogP contribution in [0.15, 0.2) is 27.2 Å². The Morgan fingerprint density at radius 3 is 2.75 bits per heavy atom. The van der Waals surface area contributed by atoms with Crippen LogP contribution in [0.1, 0.15) is 32.1 Å². The molecule has 2 atom stereocenters. The van der Waals surface area contributed by atoms with E-state index in [0.717, 1.165) is 22.2 Å². The van der Waals surface area contributed by atoms with Gasteiger partial charge in [-0.25, -0.2) is 0 Å². The molecule has 0 spiro atoms. The van der Waals surface area contributed by atoms with Crippen LogP contribution in [0.4, 0.5) is 0 Å². The molecule has 0 aliphatic heterocycles. The summed E-state index contributed by atoms with van der Waals surface area (Å²) in [5.41, 5.74) is 6.81. The number of hydrogen-bond acceptors (Lipinski definition) is 5. The number of methoxy groups -OCH3 is 1. The summed E-state index contributed by atoms with van der Waals surface area (Å²) in [7, 11) is 1.63. The third-order valence-corrected chi connectivity index (χ3v) is 3.86. The minimum absolute atomic E-state index is 0.0177. The number of halogens is 1. The van der Waals surface area contributed by atoms with E-state index in [0.29, 0.717) is 11.7 Å². The first-order valence-electron chi connectivity index (χ1n) is 6.49. The first-order chi connectivity index (χ1) is 9.56. The molecule has 0 bridgehead atoms. The summed E-state index contributed by atoms with van der Waals surface area (Å²) in [6.45, 7) is 4.00. The van der Waals surface area contributed by atoms with Gasteiger partial charge in [0.05, 0.1) is 17.5 Å². The van der Waals surface area contributed by atoms with Gasteiger partial charge in [0.2, 0.25) is 11.7 Å². The van der Waals surface area contributed by atoms with Crippen molar-refractivity contribution < 1.29 is 9.26 Å². The quantitative estimate of drug-likeness (QED) is 0.903. The molecule has 0 saturated carbocycles. The topological polar surface area (TPSA) is 74.2 Å². The highest BCUT2D eigenvalue weighted by molar-refractivity contribution is 9.10. The molecule has 5 nitrogen and oxygen atoms in total. The number of ether oxygens (including phenoxy) is 1. The first-order valence-corrected chi connectivity index (χ1v) is 7.29. The summed E-state index contributed by atoms with van der Waals surface area (Å²) in [6.07, 6.45) is 0.867. The van der Waals surface area contributed by atoms with Gasteiger partial charge in [-0.15, -0.1) is 0 Å². The summed E-state index contributed by atoms with van der Waals surface area (Å²) < 4.78 is 11.4. The van der Waals surface area contributed by atoms with E-state index in [-0.39, 0.29) is 12.0 Å². The second-order valence-electron chi connectivity index (χ2n) is 4.68. The zero-order valence-electron chi connectivity index (χ0n) is 11.8. The lowest BCUT2D eigenvalue weighted by Crippen LogP contribution is -2.24. The Hall–Kier alpha value is -1.40. The highest BCUT2D eigenvalue weighted by Crippen LogP contribution is 2.30. The number of nitrogens with two attached hydrogens (primary N) is 1. The lowest BCUT2D eigenvalue weighted by molar-refractivity contribution is 0.334. The molecule has 0 radical (unpaired) electrons. The molecule has 1 aromatic heterocycles. The Morgan fingerprint density at radius 2 is 2.20 bits per heavy atom. The number of hydrogen-bond donors (Lipinski definition) is 1. The highest BCUT2D eigenvalue weighted by atomic mass is 79.9. The van der Waals surface area contributed by atoms with Crippen LogP contribution < -0.4 is 10.5 Å². The zero-order valence-corrected chi connectivity index (χ0v) is 13.3. The molecule has 2 unspecified atom stereocenters. The lowest BCUT2D eigenvalue weighted by Gasteiger charge is -2.13. The van der Waals surface area contributed by atoms with Crippen molar-refractivity contribution in [1.82, 2.24) is 10.1 Å². The van der Waals surface area contributed by atoms with Crippen molar-refractivity contribution in [2.75, 3.05) is 7.11 Å². The van der Waals surface area contributed by atoms with E-state index in [1.807, 2.05) is 25.1 Å². The van der Waals surface area contributed by atoms with E-state index in [2.05, 4.69) is 33.0 Å². The van der Waals surface area contributed by atoms with Gasteiger partial charge in [0.1, 0.15) is 5.75 Å².